The number of nitrogens with one attached hydrogen (secondary N) is 1. The molecule has 0 saturated heterocycles. The van der Waals surface area contributed by atoms with Gasteiger partial charge in [-0.25, -0.2) is 4.98 Å². The molecule has 1 atom stereocenters. The zero-order valence-electron chi connectivity index (χ0n) is 10.6. The van der Waals surface area contributed by atoms with Crippen molar-refractivity contribution >= 4 is 23.1 Å². The van der Waals surface area contributed by atoms with Crippen LogP contribution in [-0.2, 0) is 11.3 Å². The van der Waals surface area contributed by atoms with Gasteiger partial charge in [-0.15, -0.1) is 0 Å². The summed E-state index contributed by atoms with van der Waals surface area (Å²) in [4.78, 5) is 15.5. The Bertz CT molecular complexity index is 377. The predicted molar refractivity (Wildman–Crippen MR) is 75.0 cm³/mol. The van der Waals surface area contributed by atoms with Crippen LogP contribution in [0.25, 0.3) is 0 Å². The molecule has 0 radical (unpaired) electrons. The molecule has 1 heterocycles. The lowest BCUT2D eigenvalue weighted by molar-refractivity contribution is -0.118. The second-order valence-corrected chi connectivity index (χ2v) is 4.98. The fraction of sp³-hybridized carbons (Fsp3) is 0.583. The molecule has 1 aromatic heterocycles. The number of primary amides is 1. The minimum Gasteiger partial charge on any atom is -0.380 e. The quantitative estimate of drug-likeness (QED) is 0.547. The Morgan fingerprint density at radius 2 is 2.33 bits per heavy atom. The van der Waals surface area contributed by atoms with Crippen LogP contribution < -0.4 is 11.1 Å². The lowest BCUT2D eigenvalue weighted by Gasteiger charge is -2.12. The van der Waals surface area contributed by atoms with Crippen LogP contribution in [-0.4, -0.2) is 27.0 Å². The monoisotopic (exact) mass is 268 g/mol. The van der Waals surface area contributed by atoms with Crippen LogP contribution in [0.15, 0.2) is 18.7 Å². The second kappa shape index (κ2) is 7.81. The van der Waals surface area contributed by atoms with Crippen molar-refractivity contribution in [3.8, 4) is 0 Å². The Balaban J connectivity index is 2.08. The van der Waals surface area contributed by atoms with Crippen molar-refractivity contribution in [3.63, 3.8) is 0 Å². The van der Waals surface area contributed by atoms with Crippen LogP contribution in [0.3, 0.4) is 0 Å². The molecule has 0 aliphatic heterocycles. The van der Waals surface area contributed by atoms with E-state index in [-0.39, 0.29) is 11.8 Å². The predicted octanol–water partition coefficient (Wildman–Crippen LogP) is 1.09. The molecule has 0 aromatic carbocycles. The highest BCUT2D eigenvalue weighted by atomic mass is 32.1. The summed E-state index contributed by atoms with van der Waals surface area (Å²) < 4.78 is 2.03. The molecule has 3 N–H and O–H groups in total. The average Bonchev–Trinajstić information content (AvgIpc) is 2.75. The topological polar surface area (TPSA) is 72.9 Å². The summed E-state index contributed by atoms with van der Waals surface area (Å²) in [5, 5.41) is 3.19. The normalized spacial score (nSPS) is 12.1. The van der Waals surface area contributed by atoms with Gasteiger partial charge in [0, 0.05) is 38.3 Å². The third kappa shape index (κ3) is 6.34. The highest BCUT2D eigenvalue weighted by molar-refractivity contribution is 7.80. The van der Waals surface area contributed by atoms with E-state index >= 15 is 0 Å². The number of hydrogen-bond donors (Lipinski definition) is 2. The molecule has 100 valence electrons. The second-order valence-electron chi connectivity index (χ2n) is 4.48. The number of aromatic nitrogens is 2. The highest BCUT2D eigenvalue weighted by Crippen LogP contribution is 2.07. The van der Waals surface area contributed by atoms with Crippen LogP contribution in [0.1, 0.15) is 26.2 Å². The number of nitrogens with zero attached hydrogens (tertiary/aromatic N) is 2. The summed E-state index contributed by atoms with van der Waals surface area (Å²) in [5.41, 5.74) is 5.13. The van der Waals surface area contributed by atoms with E-state index in [1.165, 1.54) is 0 Å². The van der Waals surface area contributed by atoms with Crippen LogP contribution in [0.4, 0.5) is 0 Å². The smallest absolute Gasteiger partial charge is 0.217 e. The van der Waals surface area contributed by atoms with Crippen molar-refractivity contribution in [1.82, 2.24) is 14.9 Å². The fourth-order valence-corrected chi connectivity index (χ4v) is 2.10. The summed E-state index contributed by atoms with van der Waals surface area (Å²) in [6, 6.07) is 0. The molecular formula is C12H20N4OS. The number of aryl methyl sites for hydroxylation is 1. The van der Waals surface area contributed by atoms with Gasteiger partial charge >= 0.3 is 0 Å². The van der Waals surface area contributed by atoms with Crippen molar-refractivity contribution in [2.24, 2.45) is 11.7 Å². The molecule has 1 amide bonds. The zero-order chi connectivity index (χ0) is 13.4. The van der Waals surface area contributed by atoms with Crippen molar-refractivity contribution in [1.29, 1.82) is 0 Å². The molecule has 18 heavy (non-hydrogen) atoms. The summed E-state index contributed by atoms with van der Waals surface area (Å²) in [7, 11) is 0. The molecular weight excluding hydrogens is 248 g/mol. The number of thiocarbonyl (C=S) groups is 1. The highest BCUT2D eigenvalue weighted by Gasteiger charge is 2.08. The first kappa shape index (κ1) is 14.6. The minimum atomic E-state index is -0.273. The number of rotatable bonds is 8. The van der Waals surface area contributed by atoms with E-state index in [0.717, 1.165) is 24.5 Å². The minimum absolute atomic E-state index is 0.205. The molecule has 0 unspecified atom stereocenters. The Morgan fingerprint density at radius 1 is 1.56 bits per heavy atom. The Hall–Kier alpha value is -1.43. The van der Waals surface area contributed by atoms with Gasteiger partial charge < -0.3 is 15.6 Å². The van der Waals surface area contributed by atoms with E-state index in [1.807, 2.05) is 17.7 Å². The summed E-state index contributed by atoms with van der Waals surface area (Å²) in [5.74, 6) is -0.0680. The van der Waals surface area contributed by atoms with Gasteiger partial charge in [0.05, 0.1) is 11.3 Å². The van der Waals surface area contributed by atoms with Gasteiger partial charge in [0.25, 0.3) is 0 Å². The first-order valence-corrected chi connectivity index (χ1v) is 6.49. The Kier molecular flexibility index (Phi) is 6.35. The number of carbonyl (C=O) groups is 1. The van der Waals surface area contributed by atoms with Gasteiger partial charge in [0.1, 0.15) is 0 Å². The van der Waals surface area contributed by atoms with Crippen molar-refractivity contribution in [3.05, 3.63) is 18.7 Å². The lowest BCUT2D eigenvalue weighted by Crippen LogP contribution is -2.26. The maximum absolute atomic E-state index is 10.7. The van der Waals surface area contributed by atoms with E-state index in [2.05, 4.69) is 10.3 Å². The first-order valence-electron chi connectivity index (χ1n) is 6.08. The molecule has 0 aliphatic carbocycles. The van der Waals surface area contributed by atoms with Crippen molar-refractivity contribution in [2.45, 2.75) is 32.7 Å². The molecule has 0 fully saturated rings. The molecule has 5 nitrogen and oxygen atoms in total. The standard InChI is InChI=1S/C12H20N4OS/c1-10(7-11(13)17)8-12(18)15-3-2-5-16-6-4-14-9-16/h4,6,9-10H,2-3,5,7-8H2,1H3,(H2,13,17)(H,15,18)/t10-/m1/s1. The number of carbonyl (C=O) groups excluding carboxylic acids is 1. The van der Waals surface area contributed by atoms with Crippen LogP contribution in [0, 0.1) is 5.92 Å². The van der Waals surface area contributed by atoms with Crippen molar-refractivity contribution in [2.75, 3.05) is 6.54 Å². The fourth-order valence-electron chi connectivity index (χ4n) is 1.71. The molecule has 0 spiro atoms. The first-order chi connectivity index (χ1) is 8.58. The summed E-state index contributed by atoms with van der Waals surface area (Å²) in [6.07, 6.45) is 7.59. The average molecular weight is 268 g/mol. The molecule has 0 bridgehead atoms. The number of imidazole rings is 1. The molecule has 0 saturated carbocycles. The molecule has 1 aromatic rings. The van der Waals surface area contributed by atoms with Gasteiger partial charge in [0.2, 0.25) is 5.91 Å². The van der Waals surface area contributed by atoms with Gasteiger partial charge in [-0.1, -0.05) is 19.1 Å². The lowest BCUT2D eigenvalue weighted by atomic mass is 10.0. The van der Waals surface area contributed by atoms with E-state index in [9.17, 15) is 4.79 Å². The maximum Gasteiger partial charge on any atom is 0.217 e. The van der Waals surface area contributed by atoms with E-state index < -0.39 is 0 Å². The van der Waals surface area contributed by atoms with Crippen LogP contribution in [0.2, 0.25) is 0 Å². The Labute approximate surface area is 113 Å². The number of hydrogen-bond acceptors (Lipinski definition) is 3. The number of nitrogens with two attached hydrogens (primary N) is 1. The van der Waals surface area contributed by atoms with E-state index in [4.69, 9.17) is 18.0 Å². The van der Waals surface area contributed by atoms with Crippen molar-refractivity contribution < 1.29 is 4.79 Å². The zero-order valence-corrected chi connectivity index (χ0v) is 11.4. The maximum atomic E-state index is 10.7. The molecule has 6 heteroatoms. The summed E-state index contributed by atoms with van der Waals surface area (Å²) >= 11 is 5.21. The van der Waals surface area contributed by atoms with Gasteiger partial charge in [-0.2, -0.15) is 0 Å². The van der Waals surface area contributed by atoms with Gasteiger partial charge in [-0.05, 0) is 12.3 Å². The Morgan fingerprint density at radius 3 is 2.94 bits per heavy atom. The van der Waals surface area contributed by atoms with Crippen LogP contribution >= 0.6 is 12.2 Å². The van der Waals surface area contributed by atoms with E-state index in [0.29, 0.717) is 12.8 Å². The number of amides is 1. The summed E-state index contributed by atoms with van der Waals surface area (Å²) in [6.45, 7) is 3.73. The van der Waals surface area contributed by atoms with Gasteiger partial charge in [0.15, 0.2) is 0 Å². The molecule has 1 rings (SSSR count). The van der Waals surface area contributed by atoms with Gasteiger partial charge in [-0.3, -0.25) is 4.79 Å². The SMILES string of the molecule is C[C@H](CC(N)=O)CC(=S)NCCCn1ccnc1. The third-order valence-electron chi connectivity index (χ3n) is 2.56. The van der Waals surface area contributed by atoms with Crippen LogP contribution in [0.5, 0.6) is 0 Å². The third-order valence-corrected chi connectivity index (χ3v) is 2.87. The largest absolute Gasteiger partial charge is 0.380 e. The van der Waals surface area contributed by atoms with E-state index in [1.54, 1.807) is 12.5 Å². The molecule has 0 aliphatic rings.